The molecule has 0 aliphatic carbocycles. The van der Waals surface area contributed by atoms with Crippen LogP contribution in [-0.2, 0) is 10.3 Å². The highest BCUT2D eigenvalue weighted by Crippen LogP contribution is 2.25. The van der Waals surface area contributed by atoms with E-state index in [1.807, 2.05) is 0 Å². The molecule has 1 aliphatic rings. The average molecular weight is 394 g/mol. The molecule has 3 heterocycles. The minimum atomic E-state index is -1.38. The first-order chi connectivity index (χ1) is 12.2. The highest BCUT2D eigenvalue weighted by atomic mass is 35.5. The first kappa shape index (κ1) is 19.2. The predicted molar refractivity (Wildman–Crippen MR) is 106 cm³/mol. The van der Waals surface area contributed by atoms with Crippen molar-refractivity contribution in [3.05, 3.63) is 29.2 Å². The summed E-state index contributed by atoms with van der Waals surface area (Å²) in [7, 11) is -1.11. The van der Waals surface area contributed by atoms with Crippen LogP contribution in [0.4, 0.5) is 0 Å². The maximum Gasteiger partial charge on any atom is 0.163 e. The quantitative estimate of drug-likeness (QED) is 0.579. The SMILES string of the molecule is CC(O)(C1=NC(COCC[Si](C)(C)C)N=C1)c1cnc2ccc(Cl)nn12. The third-order valence-corrected chi connectivity index (χ3v) is 6.15. The number of rotatable bonds is 7. The van der Waals surface area contributed by atoms with Crippen LogP contribution in [0.1, 0.15) is 12.6 Å². The van der Waals surface area contributed by atoms with Gasteiger partial charge in [0, 0.05) is 20.9 Å². The van der Waals surface area contributed by atoms with E-state index in [1.54, 1.807) is 31.5 Å². The lowest BCUT2D eigenvalue weighted by molar-refractivity contribution is 0.124. The molecule has 0 bridgehead atoms. The summed E-state index contributed by atoms with van der Waals surface area (Å²) >= 11 is 5.97. The van der Waals surface area contributed by atoms with Gasteiger partial charge in [-0.15, -0.1) is 0 Å². The molecule has 2 unspecified atom stereocenters. The summed E-state index contributed by atoms with van der Waals surface area (Å²) in [4.78, 5) is 13.1. The molecule has 1 N–H and O–H groups in total. The molecule has 0 radical (unpaired) electrons. The molecule has 0 saturated heterocycles. The summed E-state index contributed by atoms with van der Waals surface area (Å²) in [5, 5.41) is 15.6. The number of nitrogens with zero attached hydrogens (tertiary/aromatic N) is 5. The number of aliphatic imine (C=N–C) groups is 2. The second-order valence-corrected chi connectivity index (χ2v) is 13.8. The Morgan fingerprint density at radius 3 is 2.85 bits per heavy atom. The molecule has 0 saturated carbocycles. The van der Waals surface area contributed by atoms with Gasteiger partial charge in [-0.05, 0) is 25.1 Å². The number of ether oxygens (including phenoxy) is 1. The lowest BCUT2D eigenvalue weighted by atomic mass is 9.97. The van der Waals surface area contributed by atoms with E-state index in [1.165, 1.54) is 4.52 Å². The molecule has 0 spiro atoms. The van der Waals surface area contributed by atoms with Crippen LogP contribution in [0.2, 0.25) is 30.8 Å². The lowest BCUT2D eigenvalue weighted by Gasteiger charge is -2.21. The van der Waals surface area contributed by atoms with Gasteiger partial charge in [-0.1, -0.05) is 31.2 Å². The molecule has 3 rings (SSSR count). The first-order valence-electron chi connectivity index (χ1n) is 8.59. The summed E-state index contributed by atoms with van der Waals surface area (Å²) < 4.78 is 7.24. The van der Waals surface area contributed by atoms with Gasteiger partial charge in [-0.3, -0.25) is 9.98 Å². The van der Waals surface area contributed by atoms with Crippen molar-refractivity contribution in [3.8, 4) is 0 Å². The van der Waals surface area contributed by atoms with Crippen LogP contribution in [-0.4, -0.2) is 59.1 Å². The van der Waals surface area contributed by atoms with Gasteiger partial charge in [-0.2, -0.15) is 5.10 Å². The zero-order valence-electron chi connectivity index (χ0n) is 15.5. The summed E-state index contributed by atoms with van der Waals surface area (Å²) in [6, 6.07) is 4.51. The van der Waals surface area contributed by atoms with Crippen LogP contribution in [0.3, 0.4) is 0 Å². The van der Waals surface area contributed by atoms with Crippen molar-refractivity contribution in [3.63, 3.8) is 0 Å². The van der Waals surface area contributed by atoms with E-state index in [2.05, 4.69) is 39.7 Å². The molecule has 7 nitrogen and oxygen atoms in total. The number of aliphatic hydroxyl groups is 1. The van der Waals surface area contributed by atoms with Gasteiger partial charge in [0.2, 0.25) is 0 Å². The van der Waals surface area contributed by atoms with E-state index in [9.17, 15) is 5.11 Å². The minimum Gasteiger partial charge on any atom is -0.377 e. The molecule has 0 amide bonds. The van der Waals surface area contributed by atoms with Crippen LogP contribution in [0.15, 0.2) is 28.3 Å². The fourth-order valence-electron chi connectivity index (χ4n) is 2.60. The first-order valence-corrected chi connectivity index (χ1v) is 12.7. The maximum atomic E-state index is 11.1. The number of halogens is 1. The topological polar surface area (TPSA) is 84.4 Å². The molecule has 2 aromatic rings. The third kappa shape index (κ3) is 4.20. The molecule has 26 heavy (non-hydrogen) atoms. The lowest BCUT2D eigenvalue weighted by Crippen LogP contribution is -2.34. The summed E-state index contributed by atoms with van der Waals surface area (Å²) in [5.74, 6) is 0. The Hall–Kier alpha value is -1.61. The number of hydrogen-bond donors (Lipinski definition) is 1. The molecule has 2 aromatic heterocycles. The second kappa shape index (κ2) is 7.19. The van der Waals surface area contributed by atoms with Crippen molar-refractivity contribution < 1.29 is 9.84 Å². The predicted octanol–water partition coefficient (Wildman–Crippen LogP) is 2.80. The summed E-state index contributed by atoms with van der Waals surface area (Å²) in [6.45, 7) is 9.73. The summed E-state index contributed by atoms with van der Waals surface area (Å²) in [6.07, 6.45) is 2.84. The number of aromatic nitrogens is 3. The van der Waals surface area contributed by atoms with Gasteiger partial charge in [0.1, 0.15) is 16.4 Å². The largest absolute Gasteiger partial charge is 0.377 e. The van der Waals surface area contributed by atoms with Crippen molar-refractivity contribution in [1.29, 1.82) is 0 Å². The monoisotopic (exact) mass is 393 g/mol. The maximum absolute atomic E-state index is 11.1. The fourth-order valence-corrected chi connectivity index (χ4v) is 3.49. The van der Waals surface area contributed by atoms with Crippen molar-refractivity contribution in [2.75, 3.05) is 13.2 Å². The van der Waals surface area contributed by atoms with Gasteiger partial charge in [0.25, 0.3) is 0 Å². The molecule has 9 heteroatoms. The van der Waals surface area contributed by atoms with Crippen LogP contribution in [0, 0.1) is 0 Å². The Morgan fingerprint density at radius 1 is 1.35 bits per heavy atom. The zero-order chi connectivity index (χ0) is 18.9. The van der Waals surface area contributed by atoms with Crippen LogP contribution in [0.5, 0.6) is 0 Å². The van der Waals surface area contributed by atoms with E-state index < -0.39 is 13.7 Å². The minimum absolute atomic E-state index is 0.322. The standard InChI is InChI=1S/C17H24ClN5O2Si/c1-17(24,13-10-20-16-6-5-14(18)22-23(13)16)12-9-19-15(21-12)11-25-7-8-26(2,3)4/h5-6,9-10,15,24H,7-8,11H2,1-4H3. The molecule has 1 aliphatic heterocycles. The molecule has 140 valence electrons. The van der Waals surface area contributed by atoms with Crippen LogP contribution >= 0.6 is 11.6 Å². The van der Waals surface area contributed by atoms with Crippen molar-refractivity contribution >= 4 is 37.2 Å². The van der Waals surface area contributed by atoms with Crippen molar-refractivity contribution in [2.45, 2.75) is 44.4 Å². The number of hydrogen-bond acceptors (Lipinski definition) is 6. The van der Waals surface area contributed by atoms with Gasteiger partial charge < -0.3 is 9.84 Å². The van der Waals surface area contributed by atoms with Gasteiger partial charge in [-0.25, -0.2) is 9.50 Å². The van der Waals surface area contributed by atoms with Crippen LogP contribution < -0.4 is 0 Å². The molecule has 2 atom stereocenters. The highest BCUT2D eigenvalue weighted by molar-refractivity contribution is 6.76. The Bertz CT molecular complexity index is 856. The van der Waals surface area contributed by atoms with E-state index in [0.717, 1.165) is 12.7 Å². The van der Waals surface area contributed by atoms with Crippen LogP contribution in [0.25, 0.3) is 5.65 Å². The number of fused-ring (bicyclic) bond motifs is 1. The molecule has 0 aromatic carbocycles. The molecule has 0 fully saturated rings. The van der Waals surface area contributed by atoms with Crippen molar-refractivity contribution in [1.82, 2.24) is 14.6 Å². The van der Waals surface area contributed by atoms with E-state index in [-0.39, 0.29) is 6.17 Å². The Morgan fingerprint density at radius 2 is 2.12 bits per heavy atom. The van der Waals surface area contributed by atoms with E-state index in [4.69, 9.17) is 16.3 Å². The smallest absolute Gasteiger partial charge is 0.163 e. The molecular weight excluding hydrogens is 370 g/mol. The van der Waals surface area contributed by atoms with Crippen molar-refractivity contribution in [2.24, 2.45) is 9.98 Å². The zero-order valence-corrected chi connectivity index (χ0v) is 17.2. The van der Waals surface area contributed by atoms with Gasteiger partial charge in [0.05, 0.1) is 18.5 Å². The van der Waals surface area contributed by atoms with Gasteiger partial charge >= 0.3 is 0 Å². The van der Waals surface area contributed by atoms with E-state index in [0.29, 0.717) is 28.8 Å². The Balaban J connectivity index is 1.71. The summed E-state index contributed by atoms with van der Waals surface area (Å²) in [5.41, 5.74) is 0.167. The fraction of sp³-hybridized carbons (Fsp3) is 0.529. The Labute approximate surface area is 158 Å². The van der Waals surface area contributed by atoms with E-state index >= 15 is 0 Å². The Kier molecular flexibility index (Phi) is 5.29. The third-order valence-electron chi connectivity index (χ3n) is 4.25. The molecular formula is C17H24ClN5O2Si. The second-order valence-electron chi connectivity index (χ2n) is 7.80. The van der Waals surface area contributed by atoms with Gasteiger partial charge in [0.15, 0.2) is 11.8 Å². The normalized spacial score (nSPS) is 19.8. The average Bonchev–Trinajstić information content (AvgIpc) is 3.17. The highest BCUT2D eigenvalue weighted by Gasteiger charge is 2.35. The number of imidazole rings is 1.